The van der Waals surface area contributed by atoms with E-state index in [9.17, 15) is 16.8 Å². The van der Waals surface area contributed by atoms with Gasteiger partial charge in [-0.2, -0.15) is 16.8 Å². The fourth-order valence-corrected chi connectivity index (χ4v) is 2.45. The number of hydrogen-bond donors (Lipinski definition) is 0. The zero-order valence-electron chi connectivity index (χ0n) is 11.8. The van der Waals surface area contributed by atoms with Crippen LogP contribution >= 0.6 is 0 Å². The third-order valence-electron chi connectivity index (χ3n) is 2.44. The zero-order valence-corrected chi connectivity index (χ0v) is 13.5. The molecule has 0 saturated heterocycles. The van der Waals surface area contributed by atoms with E-state index in [1.165, 1.54) is 17.3 Å². The van der Waals surface area contributed by atoms with E-state index in [-0.39, 0.29) is 12.4 Å². The molecule has 0 saturated carbocycles. The number of allylic oxidation sites excluding steroid dienone is 3. The molecule has 10 heteroatoms. The molecule has 0 aromatic heterocycles. The first-order valence-corrected chi connectivity index (χ1v) is 9.63. The Labute approximate surface area is 129 Å². The predicted octanol–water partition coefficient (Wildman–Crippen LogP) is 0.462. The van der Waals surface area contributed by atoms with Crippen molar-refractivity contribution in [1.29, 1.82) is 0 Å². The minimum atomic E-state index is -3.66. The van der Waals surface area contributed by atoms with E-state index in [1.54, 1.807) is 24.4 Å². The second-order valence-corrected chi connectivity index (χ2v) is 7.72. The van der Waals surface area contributed by atoms with Crippen LogP contribution in [0.25, 0.3) is 0 Å². The standard InChI is InChI=1S/C12H14N2O6S2/c1-21(15,16)19-9-10-5-3-4-6-14-8-11(7-13-12(10)14)20-22(2,17)18/h3-8H,9H2,1-2H3. The van der Waals surface area contributed by atoms with Gasteiger partial charge in [0.1, 0.15) is 5.82 Å². The molecule has 2 aliphatic heterocycles. The highest BCUT2D eigenvalue weighted by molar-refractivity contribution is 7.86. The molecule has 0 aliphatic carbocycles. The number of rotatable bonds is 5. The van der Waals surface area contributed by atoms with Crippen molar-refractivity contribution in [2.45, 2.75) is 0 Å². The molecule has 0 fully saturated rings. The molecule has 0 aromatic carbocycles. The van der Waals surface area contributed by atoms with E-state index < -0.39 is 20.2 Å². The molecule has 0 unspecified atom stereocenters. The molecular weight excluding hydrogens is 332 g/mol. The fourth-order valence-electron chi connectivity index (χ4n) is 1.68. The molecule has 0 aromatic rings. The van der Waals surface area contributed by atoms with E-state index in [4.69, 9.17) is 8.37 Å². The van der Waals surface area contributed by atoms with Crippen molar-refractivity contribution in [3.63, 3.8) is 0 Å². The smallest absolute Gasteiger partial charge is 0.306 e. The van der Waals surface area contributed by atoms with Gasteiger partial charge in [0.2, 0.25) is 0 Å². The summed E-state index contributed by atoms with van der Waals surface area (Å²) in [5, 5.41) is 0. The summed E-state index contributed by atoms with van der Waals surface area (Å²) >= 11 is 0. The highest BCUT2D eigenvalue weighted by Crippen LogP contribution is 2.23. The first-order chi connectivity index (χ1) is 10.1. The number of aliphatic imine (C=N–C) groups is 1. The minimum absolute atomic E-state index is 0.0428. The van der Waals surface area contributed by atoms with Crippen LogP contribution in [0.15, 0.2) is 52.8 Å². The van der Waals surface area contributed by atoms with Gasteiger partial charge in [0, 0.05) is 11.8 Å². The number of hydrogen-bond acceptors (Lipinski definition) is 8. The first-order valence-electron chi connectivity index (χ1n) is 6.00. The molecule has 0 spiro atoms. The first kappa shape index (κ1) is 16.5. The van der Waals surface area contributed by atoms with Crippen molar-refractivity contribution in [3.05, 3.63) is 47.8 Å². The molecule has 0 atom stereocenters. The summed E-state index contributed by atoms with van der Waals surface area (Å²) < 4.78 is 54.0. The normalized spacial score (nSPS) is 18.1. The number of nitrogens with zero attached hydrogens (tertiary/aromatic N) is 2. The van der Waals surface area contributed by atoms with Crippen LogP contribution < -0.4 is 0 Å². The Hall–Kier alpha value is -1.91. The topological polar surface area (TPSA) is 102 Å². The molecule has 0 amide bonds. The average Bonchev–Trinajstić information content (AvgIpc) is 2.55. The lowest BCUT2D eigenvalue weighted by atomic mass is 10.2. The molecule has 0 radical (unpaired) electrons. The maximum absolute atomic E-state index is 11.1. The Bertz CT molecular complexity index is 816. The van der Waals surface area contributed by atoms with E-state index >= 15 is 0 Å². The summed E-state index contributed by atoms with van der Waals surface area (Å²) in [7, 11) is -7.25. The molecule has 0 N–H and O–H groups in total. The molecule has 2 aliphatic rings. The van der Waals surface area contributed by atoms with Crippen LogP contribution in [0, 0.1) is 0 Å². The van der Waals surface area contributed by atoms with Gasteiger partial charge in [-0.05, 0) is 6.08 Å². The van der Waals surface area contributed by atoms with Gasteiger partial charge in [0.05, 0.1) is 31.5 Å². The second-order valence-electron chi connectivity index (χ2n) is 4.50. The van der Waals surface area contributed by atoms with Crippen molar-refractivity contribution >= 4 is 26.5 Å². The van der Waals surface area contributed by atoms with Gasteiger partial charge in [-0.3, -0.25) is 4.18 Å². The van der Waals surface area contributed by atoms with E-state index in [2.05, 4.69) is 4.99 Å². The SMILES string of the molecule is CS(=O)(=O)OCC1=C2N=CC(OS(C)(=O)=O)=CN2C=CC=C1. The monoisotopic (exact) mass is 346 g/mol. The Morgan fingerprint density at radius 2 is 1.86 bits per heavy atom. The third kappa shape index (κ3) is 4.83. The fraction of sp³-hybridized carbons (Fsp3) is 0.250. The number of fused-ring (bicyclic) bond motifs is 1. The van der Waals surface area contributed by atoms with Gasteiger partial charge in [0.25, 0.3) is 10.1 Å². The van der Waals surface area contributed by atoms with Crippen molar-refractivity contribution in [2.24, 2.45) is 4.99 Å². The molecular formula is C12H14N2O6S2. The third-order valence-corrected chi connectivity index (χ3v) is 3.48. The Kier molecular flexibility index (Phi) is 4.54. The van der Waals surface area contributed by atoms with Crippen LogP contribution in [-0.4, -0.2) is 47.1 Å². The van der Waals surface area contributed by atoms with Crippen molar-refractivity contribution in [2.75, 3.05) is 19.1 Å². The minimum Gasteiger partial charge on any atom is -0.379 e. The van der Waals surface area contributed by atoms with Crippen LogP contribution in [0.3, 0.4) is 0 Å². The lowest BCUT2D eigenvalue weighted by molar-refractivity contribution is 0.350. The summed E-state index contributed by atoms with van der Waals surface area (Å²) in [6.07, 6.45) is 11.2. The van der Waals surface area contributed by atoms with Gasteiger partial charge in [-0.1, -0.05) is 12.2 Å². The Morgan fingerprint density at radius 1 is 1.14 bits per heavy atom. The van der Waals surface area contributed by atoms with Crippen LogP contribution in [0.4, 0.5) is 0 Å². The summed E-state index contributed by atoms with van der Waals surface area (Å²) in [5.41, 5.74) is 0.515. The second kappa shape index (κ2) is 6.07. The van der Waals surface area contributed by atoms with Crippen LogP contribution in [-0.2, 0) is 28.6 Å². The van der Waals surface area contributed by atoms with Gasteiger partial charge >= 0.3 is 10.1 Å². The van der Waals surface area contributed by atoms with E-state index in [1.807, 2.05) is 0 Å². The summed E-state index contributed by atoms with van der Waals surface area (Å²) in [6.45, 7) is -0.184. The van der Waals surface area contributed by atoms with Gasteiger partial charge in [-0.15, -0.1) is 0 Å². The van der Waals surface area contributed by atoms with Gasteiger partial charge < -0.3 is 9.08 Å². The maximum atomic E-state index is 11.1. The molecule has 8 nitrogen and oxygen atoms in total. The highest BCUT2D eigenvalue weighted by Gasteiger charge is 2.19. The van der Waals surface area contributed by atoms with Crippen molar-refractivity contribution in [1.82, 2.24) is 4.90 Å². The highest BCUT2D eigenvalue weighted by atomic mass is 32.2. The lowest BCUT2D eigenvalue weighted by Gasteiger charge is -2.22. The summed E-state index contributed by atoms with van der Waals surface area (Å²) in [6, 6.07) is 0. The average molecular weight is 346 g/mol. The van der Waals surface area contributed by atoms with Crippen molar-refractivity contribution < 1.29 is 25.2 Å². The van der Waals surface area contributed by atoms with E-state index in [0.29, 0.717) is 11.4 Å². The quantitative estimate of drug-likeness (QED) is 0.666. The molecule has 22 heavy (non-hydrogen) atoms. The molecule has 0 bridgehead atoms. The zero-order chi connectivity index (χ0) is 16.4. The molecule has 2 heterocycles. The Morgan fingerprint density at radius 3 is 2.50 bits per heavy atom. The lowest BCUT2D eigenvalue weighted by Crippen LogP contribution is -2.19. The van der Waals surface area contributed by atoms with Crippen LogP contribution in [0.1, 0.15) is 0 Å². The maximum Gasteiger partial charge on any atom is 0.306 e. The van der Waals surface area contributed by atoms with Gasteiger partial charge in [0.15, 0.2) is 5.76 Å². The molecule has 120 valence electrons. The van der Waals surface area contributed by atoms with Crippen LogP contribution in [0.2, 0.25) is 0 Å². The summed E-state index contributed by atoms with van der Waals surface area (Å²) in [4.78, 5) is 5.62. The largest absolute Gasteiger partial charge is 0.379 e. The van der Waals surface area contributed by atoms with Crippen LogP contribution in [0.5, 0.6) is 0 Å². The predicted molar refractivity (Wildman–Crippen MR) is 80.4 cm³/mol. The molecule has 2 rings (SSSR count). The van der Waals surface area contributed by atoms with Crippen molar-refractivity contribution in [3.8, 4) is 0 Å². The summed E-state index contributed by atoms with van der Waals surface area (Å²) in [5.74, 6) is 0.454. The van der Waals surface area contributed by atoms with E-state index in [0.717, 1.165) is 12.5 Å². The van der Waals surface area contributed by atoms with Gasteiger partial charge in [-0.25, -0.2) is 4.99 Å². The Balaban J connectivity index is 2.29.